The number of thiazole rings is 1. The molecule has 96 valence electrons. The Balaban J connectivity index is 2.40. The summed E-state index contributed by atoms with van der Waals surface area (Å²) in [6.07, 6.45) is 0.570. The second kappa shape index (κ2) is 5.06. The standard InChI is InChI=1S/C14H17FN2S/c1-8(2)13-12(18-14(16)17-13)7-10-9(3)5-4-6-11(10)15/h4-6,8H,7H2,1-3H3,(H2,16,17). The Hall–Kier alpha value is -1.42. The summed E-state index contributed by atoms with van der Waals surface area (Å²) < 4.78 is 13.8. The number of hydrogen-bond acceptors (Lipinski definition) is 3. The monoisotopic (exact) mass is 264 g/mol. The predicted octanol–water partition coefficient (Wildman–Crippen LogP) is 3.89. The molecular weight excluding hydrogens is 247 g/mol. The van der Waals surface area contributed by atoms with Crippen molar-refractivity contribution in [2.24, 2.45) is 0 Å². The molecule has 18 heavy (non-hydrogen) atoms. The number of benzene rings is 1. The quantitative estimate of drug-likeness (QED) is 0.913. The zero-order chi connectivity index (χ0) is 13.3. The Bertz CT molecular complexity index is 541. The normalized spacial score (nSPS) is 11.2. The first kappa shape index (κ1) is 13.0. The minimum absolute atomic E-state index is 0.156. The highest BCUT2D eigenvalue weighted by molar-refractivity contribution is 7.15. The largest absolute Gasteiger partial charge is 0.375 e. The van der Waals surface area contributed by atoms with E-state index in [2.05, 4.69) is 18.8 Å². The van der Waals surface area contributed by atoms with E-state index in [1.807, 2.05) is 13.0 Å². The third kappa shape index (κ3) is 2.53. The highest BCUT2D eigenvalue weighted by Gasteiger charge is 2.15. The van der Waals surface area contributed by atoms with Crippen molar-refractivity contribution in [3.63, 3.8) is 0 Å². The molecule has 1 heterocycles. The van der Waals surface area contributed by atoms with Crippen LogP contribution in [0.1, 0.15) is 41.5 Å². The number of rotatable bonds is 3. The van der Waals surface area contributed by atoms with Crippen LogP contribution in [0.2, 0.25) is 0 Å². The molecule has 2 aromatic rings. The van der Waals surface area contributed by atoms with Crippen molar-refractivity contribution < 1.29 is 4.39 Å². The van der Waals surface area contributed by atoms with Crippen molar-refractivity contribution >= 4 is 16.5 Å². The van der Waals surface area contributed by atoms with E-state index in [9.17, 15) is 4.39 Å². The van der Waals surface area contributed by atoms with E-state index in [0.29, 0.717) is 17.5 Å². The molecule has 1 aromatic heterocycles. The Kier molecular flexibility index (Phi) is 3.66. The van der Waals surface area contributed by atoms with Crippen molar-refractivity contribution in [2.75, 3.05) is 5.73 Å². The summed E-state index contributed by atoms with van der Waals surface area (Å²) >= 11 is 1.45. The van der Waals surface area contributed by atoms with E-state index in [-0.39, 0.29) is 5.82 Å². The molecule has 0 saturated carbocycles. The number of anilines is 1. The number of aromatic nitrogens is 1. The van der Waals surface area contributed by atoms with Crippen LogP contribution in [0.4, 0.5) is 9.52 Å². The summed E-state index contributed by atoms with van der Waals surface area (Å²) in [5.74, 6) is 0.150. The molecule has 0 aliphatic carbocycles. The van der Waals surface area contributed by atoms with Crippen LogP contribution in [-0.4, -0.2) is 4.98 Å². The van der Waals surface area contributed by atoms with Gasteiger partial charge in [0.1, 0.15) is 5.82 Å². The maximum Gasteiger partial charge on any atom is 0.180 e. The lowest BCUT2D eigenvalue weighted by Crippen LogP contribution is -1.99. The molecular formula is C14H17FN2S. The molecule has 0 unspecified atom stereocenters. The topological polar surface area (TPSA) is 38.9 Å². The van der Waals surface area contributed by atoms with E-state index in [1.54, 1.807) is 6.07 Å². The van der Waals surface area contributed by atoms with Crippen molar-refractivity contribution in [3.8, 4) is 0 Å². The highest BCUT2D eigenvalue weighted by Crippen LogP contribution is 2.30. The lowest BCUT2D eigenvalue weighted by Gasteiger charge is -2.08. The maximum atomic E-state index is 13.8. The second-order valence-electron chi connectivity index (χ2n) is 4.73. The third-order valence-electron chi connectivity index (χ3n) is 2.98. The molecule has 0 saturated heterocycles. The molecule has 4 heteroatoms. The number of hydrogen-bond donors (Lipinski definition) is 1. The summed E-state index contributed by atoms with van der Waals surface area (Å²) in [6, 6.07) is 5.16. The molecule has 1 aromatic carbocycles. The van der Waals surface area contributed by atoms with Gasteiger partial charge in [-0.05, 0) is 30.0 Å². The average Bonchev–Trinajstić information content (AvgIpc) is 2.65. The van der Waals surface area contributed by atoms with Crippen molar-refractivity contribution in [3.05, 3.63) is 45.7 Å². The lowest BCUT2D eigenvalue weighted by atomic mass is 10.0. The van der Waals surface area contributed by atoms with Gasteiger partial charge in [-0.15, -0.1) is 11.3 Å². The Labute approximate surface area is 111 Å². The van der Waals surface area contributed by atoms with Gasteiger partial charge in [-0.2, -0.15) is 0 Å². The van der Waals surface area contributed by atoms with Crippen molar-refractivity contribution in [1.82, 2.24) is 4.98 Å². The van der Waals surface area contributed by atoms with Crippen LogP contribution >= 0.6 is 11.3 Å². The van der Waals surface area contributed by atoms with E-state index in [4.69, 9.17) is 5.73 Å². The Morgan fingerprint density at radius 2 is 2.11 bits per heavy atom. The fourth-order valence-electron chi connectivity index (χ4n) is 2.01. The van der Waals surface area contributed by atoms with E-state index < -0.39 is 0 Å². The summed E-state index contributed by atoms with van der Waals surface area (Å²) in [5.41, 5.74) is 8.45. The van der Waals surface area contributed by atoms with Crippen LogP contribution in [0.15, 0.2) is 18.2 Å². The lowest BCUT2D eigenvalue weighted by molar-refractivity contribution is 0.612. The summed E-state index contributed by atoms with van der Waals surface area (Å²) in [6.45, 7) is 6.08. The summed E-state index contributed by atoms with van der Waals surface area (Å²) in [7, 11) is 0. The number of halogens is 1. The first-order valence-electron chi connectivity index (χ1n) is 5.98. The first-order chi connectivity index (χ1) is 8.49. The predicted molar refractivity (Wildman–Crippen MR) is 74.6 cm³/mol. The SMILES string of the molecule is Cc1cccc(F)c1Cc1sc(N)nc1C(C)C. The molecule has 0 aliphatic rings. The van der Waals surface area contributed by atoms with Crippen LogP contribution in [0, 0.1) is 12.7 Å². The Morgan fingerprint density at radius 1 is 1.39 bits per heavy atom. The fraction of sp³-hybridized carbons (Fsp3) is 0.357. The molecule has 0 atom stereocenters. The minimum atomic E-state index is -0.156. The number of aryl methyl sites for hydroxylation is 1. The third-order valence-corrected chi connectivity index (χ3v) is 3.88. The molecule has 0 radical (unpaired) electrons. The molecule has 0 aliphatic heterocycles. The van der Waals surface area contributed by atoms with Gasteiger partial charge >= 0.3 is 0 Å². The molecule has 2 N–H and O–H groups in total. The van der Waals surface area contributed by atoms with Crippen molar-refractivity contribution in [1.29, 1.82) is 0 Å². The zero-order valence-electron chi connectivity index (χ0n) is 10.8. The van der Waals surface area contributed by atoms with Gasteiger partial charge in [0.25, 0.3) is 0 Å². The van der Waals surface area contributed by atoms with Gasteiger partial charge in [0.05, 0.1) is 5.69 Å². The van der Waals surface area contributed by atoms with Crippen LogP contribution in [-0.2, 0) is 6.42 Å². The zero-order valence-corrected chi connectivity index (χ0v) is 11.6. The average molecular weight is 264 g/mol. The van der Waals surface area contributed by atoms with Gasteiger partial charge < -0.3 is 5.73 Å². The number of nitrogen functional groups attached to an aromatic ring is 1. The van der Waals surface area contributed by atoms with Gasteiger partial charge in [-0.25, -0.2) is 9.37 Å². The number of nitrogens with zero attached hydrogens (tertiary/aromatic N) is 1. The van der Waals surface area contributed by atoms with Gasteiger partial charge in [0, 0.05) is 11.3 Å². The molecule has 2 nitrogen and oxygen atoms in total. The molecule has 2 rings (SSSR count). The first-order valence-corrected chi connectivity index (χ1v) is 6.79. The van der Waals surface area contributed by atoms with Crippen LogP contribution in [0.3, 0.4) is 0 Å². The van der Waals surface area contributed by atoms with E-state index >= 15 is 0 Å². The Morgan fingerprint density at radius 3 is 2.72 bits per heavy atom. The highest BCUT2D eigenvalue weighted by atomic mass is 32.1. The van der Waals surface area contributed by atoms with E-state index in [0.717, 1.165) is 21.7 Å². The fourth-order valence-corrected chi connectivity index (χ4v) is 3.01. The molecule has 0 amide bonds. The van der Waals surface area contributed by atoms with Gasteiger partial charge in [0.2, 0.25) is 0 Å². The number of nitrogens with two attached hydrogens (primary N) is 1. The van der Waals surface area contributed by atoms with Gasteiger partial charge in [-0.1, -0.05) is 26.0 Å². The molecule has 0 fully saturated rings. The smallest absolute Gasteiger partial charge is 0.180 e. The summed E-state index contributed by atoms with van der Waals surface area (Å²) in [4.78, 5) is 5.40. The second-order valence-corrected chi connectivity index (χ2v) is 5.84. The van der Waals surface area contributed by atoms with Crippen molar-refractivity contribution in [2.45, 2.75) is 33.1 Å². The maximum absolute atomic E-state index is 13.8. The van der Waals surface area contributed by atoms with E-state index in [1.165, 1.54) is 17.4 Å². The molecule has 0 spiro atoms. The van der Waals surface area contributed by atoms with Crippen LogP contribution in [0.5, 0.6) is 0 Å². The minimum Gasteiger partial charge on any atom is -0.375 e. The van der Waals surface area contributed by atoms with Gasteiger partial charge in [0.15, 0.2) is 5.13 Å². The van der Waals surface area contributed by atoms with Crippen LogP contribution in [0.25, 0.3) is 0 Å². The van der Waals surface area contributed by atoms with Crippen LogP contribution < -0.4 is 5.73 Å². The van der Waals surface area contributed by atoms with Gasteiger partial charge in [-0.3, -0.25) is 0 Å². The summed E-state index contributed by atoms with van der Waals surface area (Å²) in [5, 5.41) is 0.558. The molecule has 0 bridgehead atoms.